The maximum atomic E-state index is 14.3. The minimum Gasteiger partial charge on any atom is -0.294 e. The van der Waals surface area contributed by atoms with Crippen molar-refractivity contribution in [3.8, 4) is 0 Å². The van der Waals surface area contributed by atoms with Gasteiger partial charge in [0, 0.05) is 16.6 Å². The molecule has 1 fully saturated rings. The van der Waals surface area contributed by atoms with Gasteiger partial charge >= 0.3 is 0 Å². The van der Waals surface area contributed by atoms with Crippen molar-refractivity contribution in [3.05, 3.63) is 44.6 Å². The van der Waals surface area contributed by atoms with Gasteiger partial charge in [-0.05, 0) is 96.5 Å². The van der Waals surface area contributed by atoms with E-state index < -0.39 is 5.41 Å². The highest BCUT2D eigenvalue weighted by Gasteiger charge is 2.63. The van der Waals surface area contributed by atoms with Crippen LogP contribution < -0.4 is 0 Å². The summed E-state index contributed by atoms with van der Waals surface area (Å²) in [4.78, 5) is 40.7. The molecule has 0 aromatic rings. The quantitative estimate of drug-likeness (QED) is 0.408. The Morgan fingerprint density at radius 3 is 2.21 bits per heavy atom. The summed E-state index contributed by atoms with van der Waals surface area (Å²) >= 11 is 0. The van der Waals surface area contributed by atoms with E-state index in [0.717, 1.165) is 67.2 Å². The van der Waals surface area contributed by atoms with E-state index in [1.807, 2.05) is 20.8 Å². The Morgan fingerprint density at radius 1 is 0.971 bits per heavy atom. The smallest absolute Gasteiger partial charge is 0.189 e. The van der Waals surface area contributed by atoms with Crippen molar-refractivity contribution in [2.75, 3.05) is 0 Å². The lowest BCUT2D eigenvalue weighted by Crippen LogP contribution is -2.57. The first kappa shape index (κ1) is 25.1. The molecule has 0 spiro atoms. The van der Waals surface area contributed by atoms with Crippen molar-refractivity contribution in [3.63, 3.8) is 0 Å². The number of carbonyl (C=O) groups is 3. The maximum absolute atomic E-state index is 14.3. The molecular formula is C31H42O3. The lowest BCUT2D eigenvalue weighted by atomic mass is 9.42. The van der Waals surface area contributed by atoms with Crippen molar-refractivity contribution < 1.29 is 14.4 Å². The highest BCUT2D eigenvalue weighted by atomic mass is 16.2. The number of hydrogen-bond acceptors (Lipinski definition) is 3. The molecule has 184 valence electrons. The van der Waals surface area contributed by atoms with E-state index >= 15 is 0 Å². The van der Waals surface area contributed by atoms with Crippen molar-refractivity contribution in [2.45, 2.75) is 107 Å². The minimum atomic E-state index is -0.831. The van der Waals surface area contributed by atoms with Crippen LogP contribution >= 0.6 is 0 Å². The van der Waals surface area contributed by atoms with E-state index in [2.05, 4.69) is 34.6 Å². The number of fused-ring (bicyclic) bond motifs is 3. The molecular weight excluding hydrogens is 420 g/mol. The molecule has 3 heteroatoms. The van der Waals surface area contributed by atoms with Crippen molar-refractivity contribution in [1.82, 2.24) is 0 Å². The van der Waals surface area contributed by atoms with Crippen LogP contribution in [0, 0.1) is 22.2 Å². The van der Waals surface area contributed by atoms with Crippen LogP contribution in [0.3, 0.4) is 0 Å². The molecule has 4 aliphatic carbocycles. The number of hydrogen-bond donors (Lipinski definition) is 0. The van der Waals surface area contributed by atoms with Gasteiger partial charge in [0.25, 0.3) is 0 Å². The van der Waals surface area contributed by atoms with E-state index in [0.29, 0.717) is 11.5 Å². The average molecular weight is 463 g/mol. The number of rotatable bonds is 4. The predicted octanol–water partition coefficient (Wildman–Crippen LogP) is 7.42. The lowest BCUT2D eigenvalue weighted by molar-refractivity contribution is -0.134. The molecule has 4 aliphatic rings. The summed E-state index contributed by atoms with van der Waals surface area (Å²) in [5.74, 6) is 0.549. The first-order valence-electron chi connectivity index (χ1n) is 13.1. The fourth-order valence-electron chi connectivity index (χ4n) is 7.99. The second kappa shape index (κ2) is 8.00. The third-order valence-corrected chi connectivity index (χ3v) is 9.83. The molecule has 0 aromatic carbocycles. The summed E-state index contributed by atoms with van der Waals surface area (Å²) < 4.78 is 0. The van der Waals surface area contributed by atoms with Crippen LogP contribution in [0.5, 0.6) is 0 Å². The zero-order valence-corrected chi connectivity index (χ0v) is 22.8. The van der Waals surface area contributed by atoms with Gasteiger partial charge in [-0.1, -0.05) is 50.0 Å². The Hall–Kier alpha value is -2.03. The van der Waals surface area contributed by atoms with Crippen LogP contribution in [-0.4, -0.2) is 17.3 Å². The topological polar surface area (TPSA) is 51.2 Å². The maximum Gasteiger partial charge on any atom is 0.189 e. The second-order valence-corrected chi connectivity index (χ2v) is 12.8. The van der Waals surface area contributed by atoms with Crippen molar-refractivity contribution >= 4 is 17.3 Å². The Morgan fingerprint density at radius 2 is 1.62 bits per heavy atom. The van der Waals surface area contributed by atoms with Crippen LogP contribution in [0.15, 0.2) is 44.6 Å². The summed E-state index contributed by atoms with van der Waals surface area (Å²) in [6.45, 7) is 18.6. The van der Waals surface area contributed by atoms with Gasteiger partial charge in [-0.25, -0.2) is 0 Å². The molecule has 0 amide bonds. The first-order valence-corrected chi connectivity index (χ1v) is 13.1. The van der Waals surface area contributed by atoms with E-state index in [9.17, 15) is 14.4 Å². The van der Waals surface area contributed by atoms with Crippen molar-refractivity contribution in [1.29, 1.82) is 0 Å². The van der Waals surface area contributed by atoms with E-state index in [4.69, 9.17) is 0 Å². The molecule has 0 radical (unpaired) electrons. The van der Waals surface area contributed by atoms with Crippen LogP contribution in [0.2, 0.25) is 0 Å². The normalized spacial score (nSPS) is 34.1. The van der Waals surface area contributed by atoms with Gasteiger partial charge in [-0.3, -0.25) is 14.4 Å². The Bertz CT molecular complexity index is 1140. The summed E-state index contributed by atoms with van der Waals surface area (Å²) in [6.07, 6.45) is 6.63. The van der Waals surface area contributed by atoms with Gasteiger partial charge in [-0.15, -0.1) is 0 Å². The van der Waals surface area contributed by atoms with E-state index in [1.165, 1.54) is 23.6 Å². The Labute approximate surface area is 205 Å². The molecule has 4 rings (SSSR count). The molecule has 34 heavy (non-hydrogen) atoms. The monoisotopic (exact) mass is 462 g/mol. The molecule has 0 saturated heterocycles. The highest BCUT2D eigenvalue weighted by molar-refractivity contribution is 6.24. The lowest BCUT2D eigenvalue weighted by Gasteiger charge is -2.59. The zero-order valence-electron chi connectivity index (χ0n) is 22.8. The molecule has 0 aliphatic heterocycles. The summed E-state index contributed by atoms with van der Waals surface area (Å²) in [5.41, 5.74) is 6.50. The average Bonchev–Trinajstić information content (AvgIpc) is 2.69. The second-order valence-electron chi connectivity index (χ2n) is 12.8. The van der Waals surface area contributed by atoms with Gasteiger partial charge in [0.1, 0.15) is 0 Å². The van der Waals surface area contributed by atoms with E-state index in [-0.39, 0.29) is 28.2 Å². The third-order valence-electron chi connectivity index (χ3n) is 9.83. The van der Waals surface area contributed by atoms with Crippen LogP contribution in [0.25, 0.3) is 0 Å². The molecule has 3 nitrogen and oxygen atoms in total. The van der Waals surface area contributed by atoms with Crippen LogP contribution in [0.1, 0.15) is 107 Å². The van der Waals surface area contributed by atoms with E-state index in [1.54, 1.807) is 0 Å². The third kappa shape index (κ3) is 3.33. The van der Waals surface area contributed by atoms with Gasteiger partial charge in [0.15, 0.2) is 17.3 Å². The SMILES string of the molecule is CC(=O)C1=C(C)CC2(C)CC3(C)CC4=C(CCC(C)C)CCC(C)=C4C(=O)C3=C(C)C2(C)C1=O. The predicted molar refractivity (Wildman–Crippen MR) is 137 cm³/mol. The summed E-state index contributed by atoms with van der Waals surface area (Å²) in [5, 5.41) is 0. The van der Waals surface area contributed by atoms with Crippen LogP contribution in [-0.2, 0) is 14.4 Å². The minimum absolute atomic E-state index is 0.0839. The fraction of sp³-hybridized carbons (Fsp3) is 0.645. The molecule has 0 aromatic heterocycles. The zero-order chi connectivity index (χ0) is 25.4. The molecule has 3 unspecified atom stereocenters. The van der Waals surface area contributed by atoms with Gasteiger partial charge < -0.3 is 0 Å². The molecule has 0 N–H and O–H groups in total. The number of ketones is 3. The number of carbonyl (C=O) groups excluding carboxylic acids is 3. The fourth-order valence-corrected chi connectivity index (χ4v) is 7.99. The number of allylic oxidation sites excluding steroid dienone is 8. The van der Waals surface area contributed by atoms with Crippen LogP contribution in [0.4, 0.5) is 0 Å². The largest absolute Gasteiger partial charge is 0.294 e. The highest BCUT2D eigenvalue weighted by Crippen LogP contribution is 2.67. The Kier molecular flexibility index (Phi) is 5.90. The molecule has 0 heterocycles. The molecule has 0 bridgehead atoms. The number of Topliss-reactive ketones (excluding diaryl/α,β-unsaturated/α-hetero) is 3. The molecule has 1 saturated carbocycles. The first-order chi connectivity index (χ1) is 15.7. The summed E-state index contributed by atoms with van der Waals surface area (Å²) in [6, 6.07) is 0. The molecule has 3 atom stereocenters. The standard InChI is InChI=1S/C31H42O3/c1-17(2)10-12-22-13-11-18(3)25-23(22)15-29(7)16-30(8)14-19(4)24(21(6)32)28(34)31(30,9)20(5)26(29)27(25)33/h17H,10-16H2,1-9H3. The van der Waals surface area contributed by atoms with Crippen molar-refractivity contribution in [2.24, 2.45) is 22.2 Å². The van der Waals surface area contributed by atoms with Gasteiger partial charge in [0.2, 0.25) is 0 Å². The Balaban J connectivity index is 1.93. The van der Waals surface area contributed by atoms with Gasteiger partial charge in [-0.2, -0.15) is 0 Å². The summed E-state index contributed by atoms with van der Waals surface area (Å²) in [7, 11) is 0. The van der Waals surface area contributed by atoms with Gasteiger partial charge in [0.05, 0.1) is 11.0 Å².